The maximum absolute atomic E-state index is 13.5. The molecular weight excluding hydrogens is 537 g/mol. The second-order valence-corrected chi connectivity index (χ2v) is 12.8. The summed E-state index contributed by atoms with van der Waals surface area (Å²) >= 11 is 5.41. The first-order chi connectivity index (χ1) is 18.6. The number of benzene rings is 2. The van der Waals surface area contributed by atoms with Crippen molar-refractivity contribution in [2.45, 2.75) is 84.5 Å². The zero-order chi connectivity index (χ0) is 29.6. The molecule has 2 aromatic carbocycles. The molecule has 2 aromatic rings. The van der Waals surface area contributed by atoms with Gasteiger partial charge in [-0.2, -0.15) is 13.2 Å². The van der Waals surface area contributed by atoms with Crippen LogP contribution in [0.1, 0.15) is 81.2 Å². The molecule has 1 saturated heterocycles. The second kappa shape index (κ2) is 11.6. The number of aliphatic hydroxyl groups is 1. The van der Waals surface area contributed by atoms with E-state index in [4.69, 9.17) is 21.7 Å². The summed E-state index contributed by atoms with van der Waals surface area (Å²) < 4.78 is 52.3. The van der Waals surface area contributed by atoms with Crippen molar-refractivity contribution in [1.82, 2.24) is 4.90 Å². The number of alkyl halides is 3. The van der Waals surface area contributed by atoms with Gasteiger partial charge in [0.25, 0.3) is 0 Å². The molecule has 220 valence electrons. The molecule has 0 bridgehead atoms. The molecule has 1 aliphatic carbocycles. The molecule has 5 nitrogen and oxygen atoms in total. The van der Waals surface area contributed by atoms with Gasteiger partial charge in [0.1, 0.15) is 11.9 Å². The minimum absolute atomic E-state index is 0.111. The largest absolute Gasteiger partial charge is 0.496 e. The molecular formula is C31H41F3N2O3S. The van der Waals surface area contributed by atoms with Crippen molar-refractivity contribution in [3.63, 3.8) is 0 Å². The predicted octanol–water partition coefficient (Wildman–Crippen LogP) is 7.45. The first kappa shape index (κ1) is 30.8. The van der Waals surface area contributed by atoms with Crippen LogP contribution < -0.4 is 9.64 Å². The van der Waals surface area contributed by atoms with E-state index in [1.54, 1.807) is 20.1 Å². The summed E-state index contributed by atoms with van der Waals surface area (Å²) in [6.45, 7) is 10.5. The lowest BCUT2D eigenvalue weighted by atomic mass is 9.65. The zero-order valence-corrected chi connectivity index (χ0v) is 25.2. The number of hydrogen-bond donors (Lipinski definition) is 1. The fourth-order valence-electron chi connectivity index (χ4n) is 6.46. The summed E-state index contributed by atoms with van der Waals surface area (Å²) in [5.74, 6) is 1.14. The molecule has 0 spiro atoms. The molecule has 0 radical (unpaired) electrons. The number of aliphatic hydroxyl groups excluding tert-OH is 1. The average Bonchev–Trinajstić information content (AvgIpc) is 3.15. The van der Waals surface area contributed by atoms with Gasteiger partial charge in [0, 0.05) is 25.3 Å². The first-order valence-electron chi connectivity index (χ1n) is 13.8. The molecule has 5 atom stereocenters. The van der Waals surface area contributed by atoms with E-state index < -0.39 is 24.3 Å². The number of nitrogens with zero attached hydrogens (tertiary/aromatic N) is 2. The van der Waals surface area contributed by atoms with E-state index in [0.29, 0.717) is 17.7 Å². The molecule has 3 unspecified atom stereocenters. The zero-order valence-electron chi connectivity index (χ0n) is 24.4. The molecule has 40 heavy (non-hydrogen) atoms. The van der Waals surface area contributed by atoms with E-state index in [2.05, 4.69) is 19.9 Å². The fourth-order valence-corrected chi connectivity index (χ4v) is 6.57. The van der Waals surface area contributed by atoms with Gasteiger partial charge in [0.15, 0.2) is 0 Å². The maximum atomic E-state index is 13.5. The van der Waals surface area contributed by atoms with Crippen LogP contribution in [0.15, 0.2) is 36.4 Å². The van der Waals surface area contributed by atoms with Crippen molar-refractivity contribution < 1.29 is 27.8 Å². The van der Waals surface area contributed by atoms with Gasteiger partial charge in [-0.3, -0.25) is 0 Å². The van der Waals surface area contributed by atoms with E-state index >= 15 is 0 Å². The quantitative estimate of drug-likeness (QED) is 0.359. The topological polar surface area (TPSA) is 45.2 Å². The van der Waals surface area contributed by atoms with Gasteiger partial charge >= 0.3 is 6.18 Å². The molecule has 1 saturated carbocycles. The van der Waals surface area contributed by atoms with Gasteiger partial charge in [0.05, 0.1) is 17.7 Å². The molecule has 1 N–H and O–H groups in total. The predicted molar refractivity (Wildman–Crippen MR) is 156 cm³/mol. The Hall–Kier alpha value is -2.20. The van der Waals surface area contributed by atoms with Crippen LogP contribution in [0.2, 0.25) is 0 Å². The number of hydrogen-bond acceptors (Lipinski definition) is 5. The number of methoxy groups -OCH3 is 1. The van der Waals surface area contributed by atoms with E-state index in [1.165, 1.54) is 0 Å². The van der Waals surface area contributed by atoms with Crippen molar-refractivity contribution in [3.05, 3.63) is 58.7 Å². The Morgan fingerprint density at radius 1 is 1.23 bits per heavy atom. The van der Waals surface area contributed by atoms with Crippen LogP contribution >= 0.6 is 12.2 Å². The SMILES string of the molecule is COc1ccc(N(C)C(C)=S)cc1C1CCC(C)(C)CC1CN1C(O)O[C@H](c2cc(C)cc(C(F)(F)F)c2)[C@@H]1C. The highest BCUT2D eigenvalue weighted by Crippen LogP contribution is 2.50. The minimum atomic E-state index is -4.45. The number of rotatable bonds is 6. The monoisotopic (exact) mass is 578 g/mol. The van der Waals surface area contributed by atoms with Crippen LogP contribution in [0.5, 0.6) is 5.75 Å². The minimum Gasteiger partial charge on any atom is -0.496 e. The summed E-state index contributed by atoms with van der Waals surface area (Å²) in [6, 6.07) is 9.81. The number of ether oxygens (including phenoxy) is 2. The van der Waals surface area contributed by atoms with Gasteiger partial charge in [-0.15, -0.1) is 0 Å². The third-order valence-corrected chi connectivity index (χ3v) is 8.98. The van der Waals surface area contributed by atoms with Crippen LogP contribution in [0.25, 0.3) is 0 Å². The van der Waals surface area contributed by atoms with Crippen LogP contribution in [0.3, 0.4) is 0 Å². The third kappa shape index (κ3) is 6.48. The summed E-state index contributed by atoms with van der Waals surface area (Å²) in [5.41, 5.74) is 2.44. The summed E-state index contributed by atoms with van der Waals surface area (Å²) in [7, 11) is 3.63. The molecule has 0 aromatic heterocycles. The summed E-state index contributed by atoms with van der Waals surface area (Å²) in [5, 5.41) is 11.0. The van der Waals surface area contributed by atoms with E-state index in [0.717, 1.165) is 53.4 Å². The van der Waals surface area contributed by atoms with Crippen LogP contribution in [-0.2, 0) is 10.9 Å². The highest BCUT2D eigenvalue weighted by Gasteiger charge is 2.45. The highest BCUT2D eigenvalue weighted by atomic mass is 32.1. The van der Waals surface area contributed by atoms with Crippen molar-refractivity contribution >= 4 is 22.9 Å². The van der Waals surface area contributed by atoms with Crippen LogP contribution in [0, 0.1) is 18.3 Å². The molecule has 1 aliphatic heterocycles. The van der Waals surface area contributed by atoms with Crippen molar-refractivity contribution in [2.24, 2.45) is 11.3 Å². The van der Waals surface area contributed by atoms with Crippen molar-refractivity contribution in [1.29, 1.82) is 0 Å². The third-order valence-electron chi connectivity index (χ3n) is 8.70. The van der Waals surface area contributed by atoms with Gasteiger partial charge in [-0.1, -0.05) is 37.7 Å². The number of anilines is 1. The Morgan fingerprint density at radius 3 is 2.55 bits per heavy atom. The lowest BCUT2D eigenvalue weighted by Gasteiger charge is -2.43. The van der Waals surface area contributed by atoms with Gasteiger partial charge in [-0.25, -0.2) is 4.90 Å². The maximum Gasteiger partial charge on any atom is 0.416 e. The lowest BCUT2D eigenvalue weighted by molar-refractivity contribution is -0.156. The normalized spacial score (nSPS) is 27.0. The second-order valence-electron chi connectivity index (χ2n) is 12.2. The summed E-state index contributed by atoms with van der Waals surface area (Å²) in [6.07, 6.45) is -3.42. The molecule has 0 amide bonds. The molecule has 4 rings (SSSR count). The van der Waals surface area contributed by atoms with E-state index in [9.17, 15) is 18.3 Å². The Kier molecular flexibility index (Phi) is 8.91. The molecule has 2 fully saturated rings. The van der Waals surface area contributed by atoms with Crippen molar-refractivity contribution in [2.75, 3.05) is 25.6 Å². The molecule has 2 aliphatic rings. The van der Waals surface area contributed by atoms with E-state index in [1.807, 2.05) is 42.8 Å². The van der Waals surface area contributed by atoms with Gasteiger partial charge < -0.3 is 19.5 Å². The number of thiocarbonyl (C=S) groups is 1. The fraction of sp³-hybridized carbons (Fsp3) is 0.581. The standard InChI is InChI=1S/C31H41F3N2O3S/c1-18-12-21(14-23(13-18)31(32,33)34)28-19(2)36(29(37)39-28)17-22-16-30(4,5)11-10-25(22)26-15-24(35(6)20(3)40)8-9-27(26)38-7/h8-9,12-15,19,22,25,28-29,37H,10-11,16-17H2,1-7H3/t19-,22?,25?,28-,29?/m0/s1. The summed E-state index contributed by atoms with van der Waals surface area (Å²) in [4.78, 5) is 4.63. The van der Waals surface area contributed by atoms with Gasteiger partial charge in [-0.05, 0) is 98.7 Å². The first-order valence-corrected chi connectivity index (χ1v) is 14.2. The lowest BCUT2D eigenvalue weighted by Crippen LogP contribution is -2.43. The van der Waals surface area contributed by atoms with Crippen LogP contribution in [-0.4, -0.2) is 48.2 Å². The van der Waals surface area contributed by atoms with Gasteiger partial charge in [0.2, 0.25) is 6.41 Å². The number of halogens is 3. The Labute approximate surface area is 241 Å². The smallest absolute Gasteiger partial charge is 0.416 e. The average molecular weight is 579 g/mol. The highest BCUT2D eigenvalue weighted by molar-refractivity contribution is 7.80. The number of aryl methyl sites for hydroxylation is 1. The van der Waals surface area contributed by atoms with Crippen molar-refractivity contribution in [3.8, 4) is 5.75 Å². The van der Waals surface area contributed by atoms with E-state index in [-0.39, 0.29) is 23.3 Å². The Morgan fingerprint density at radius 2 is 1.93 bits per heavy atom. The van der Waals surface area contributed by atoms with Crippen LogP contribution in [0.4, 0.5) is 18.9 Å². The molecule has 9 heteroatoms. The molecule has 1 heterocycles. The Bertz CT molecular complexity index is 1230. The Balaban J connectivity index is 1.65.